The molecule has 0 aromatic heterocycles. The predicted molar refractivity (Wildman–Crippen MR) is 75.8 cm³/mol. The minimum atomic E-state index is -0.191. The zero-order chi connectivity index (χ0) is 14.0. The molecule has 1 fully saturated rings. The summed E-state index contributed by atoms with van der Waals surface area (Å²) >= 11 is 0. The maximum atomic E-state index is 12.4. The molecule has 3 heteroatoms. The minimum Gasteiger partial charge on any atom is -0.356 e. The van der Waals surface area contributed by atoms with Crippen LogP contribution < -0.4 is 0 Å². The van der Waals surface area contributed by atoms with Crippen molar-refractivity contribution in [2.24, 2.45) is 0 Å². The van der Waals surface area contributed by atoms with E-state index in [4.69, 9.17) is 4.74 Å². The Balaban J connectivity index is 1.98. The lowest BCUT2D eigenvalue weighted by molar-refractivity contribution is -0.139. The van der Waals surface area contributed by atoms with Crippen molar-refractivity contribution in [2.45, 2.75) is 52.3 Å². The Hall–Kier alpha value is -1.35. The number of carbonyl (C=O) groups excluding carboxylic acids is 1. The molecular formula is C16H23NO2. The predicted octanol–water partition coefficient (Wildman–Crippen LogP) is 2.91. The lowest BCUT2D eigenvalue weighted by atomic mass is 10.0. The highest BCUT2D eigenvalue weighted by atomic mass is 16.5. The summed E-state index contributed by atoms with van der Waals surface area (Å²) in [6.07, 6.45) is 1.22. The second-order valence-corrected chi connectivity index (χ2v) is 5.98. The third kappa shape index (κ3) is 3.16. The van der Waals surface area contributed by atoms with Gasteiger partial charge in [0.1, 0.15) is 6.23 Å². The summed E-state index contributed by atoms with van der Waals surface area (Å²) in [5, 5.41) is 0. The van der Waals surface area contributed by atoms with Crippen molar-refractivity contribution in [3.8, 4) is 0 Å². The third-order valence-corrected chi connectivity index (χ3v) is 3.67. The molecule has 1 aliphatic rings. The Bertz CT molecular complexity index is 468. The number of nitrogens with zero attached hydrogens (tertiary/aromatic N) is 1. The number of ether oxygens (including phenoxy) is 1. The van der Waals surface area contributed by atoms with Crippen LogP contribution in [0, 0.1) is 6.92 Å². The minimum absolute atomic E-state index is 0.111. The molecule has 1 saturated heterocycles. The van der Waals surface area contributed by atoms with E-state index >= 15 is 0 Å². The average Bonchev–Trinajstić information content (AvgIpc) is 2.61. The first-order chi connectivity index (χ1) is 8.90. The van der Waals surface area contributed by atoms with Gasteiger partial charge in [-0.3, -0.25) is 4.79 Å². The number of benzene rings is 1. The van der Waals surface area contributed by atoms with Crippen molar-refractivity contribution in [2.75, 3.05) is 6.61 Å². The first kappa shape index (κ1) is 14.1. The molecule has 2 rings (SSSR count). The Morgan fingerprint density at radius 3 is 2.79 bits per heavy atom. The molecule has 104 valence electrons. The van der Waals surface area contributed by atoms with E-state index in [1.54, 1.807) is 0 Å². The molecule has 3 nitrogen and oxygen atoms in total. The molecule has 1 aliphatic heterocycles. The van der Waals surface area contributed by atoms with Crippen LogP contribution in [0.3, 0.4) is 0 Å². The maximum absolute atomic E-state index is 12.4. The molecule has 0 aliphatic carbocycles. The van der Waals surface area contributed by atoms with Gasteiger partial charge in [0.15, 0.2) is 0 Å². The fourth-order valence-electron chi connectivity index (χ4n) is 2.74. The van der Waals surface area contributed by atoms with Gasteiger partial charge in [-0.2, -0.15) is 0 Å². The van der Waals surface area contributed by atoms with Crippen LogP contribution in [0.25, 0.3) is 0 Å². The first-order valence-corrected chi connectivity index (χ1v) is 6.89. The standard InChI is InChI=1S/C16H23NO2/c1-12-6-5-7-14(10-12)8-9-15(18)17-13(2)19-11-16(17,3)4/h5-7,10,13H,8-9,11H2,1-4H3. The highest BCUT2D eigenvalue weighted by molar-refractivity contribution is 5.77. The van der Waals surface area contributed by atoms with Gasteiger partial charge in [0.25, 0.3) is 0 Å². The van der Waals surface area contributed by atoms with Crippen molar-refractivity contribution in [3.63, 3.8) is 0 Å². The van der Waals surface area contributed by atoms with Crippen LogP contribution in [0.15, 0.2) is 24.3 Å². The fraction of sp³-hybridized carbons (Fsp3) is 0.562. The topological polar surface area (TPSA) is 29.5 Å². The van der Waals surface area contributed by atoms with Crippen molar-refractivity contribution >= 4 is 5.91 Å². The average molecular weight is 261 g/mol. The number of amides is 1. The number of hydrogen-bond acceptors (Lipinski definition) is 2. The molecule has 1 aromatic rings. The van der Waals surface area contributed by atoms with Gasteiger partial charge in [-0.25, -0.2) is 0 Å². The summed E-state index contributed by atoms with van der Waals surface area (Å²) in [6, 6.07) is 8.34. The molecule has 0 spiro atoms. The molecule has 19 heavy (non-hydrogen) atoms. The van der Waals surface area contributed by atoms with Crippen molar-refractivity contribution in [1.82, 2.24) is 4.90 Å². The second kappa shape index (κ2) is 5.33. The molecular weight excluding hydrogens is 238 g/mol. The van der Waals surface area contributed by atoms with E-state index in [1.807, 2.05) is 17.9 Å². The zero-order valence-electron chi connectivity index (χ0n) is 12.3. The lowest BCUT2D eigenvalue weighted by Crippen LogP contribution is -2.47. The summed E-state index contributed by atoms with van der Waals surface area (Å²) in [5.74, 6) is 0.177. The van der Waals surface area contributed by atoms with Gasteiger partial charge in [0, 0.05) is 6.42 Å². The van der Waals surface area contributed by atoms with Gasteiger partial charge in [-0.1, -0.05) is 29.8 Å². The summed E-state index contributed by atoms with van der Waals surface area (Å²) in [7, 11) is 0. The molecule has 1 amide bonds. The maximum Gasteiger partial charge on any atom is 0.225 e. The summed E-state index contributed by atoms with van der Waals surface area (Å²) in [5.41, 5.74) is 2.27. The second-order valence-electron chi connectivity index (χ2n) is 5.98. The quantitative estimate of drug-likeness (QED) is 0.837. The van der Waals surface area contributed by atoms with E-state index in [1.165, 1.54) is 11.1 Å². The van der Waals surface area contributed by atoms with Crippen molar-refractivity contribution in [3.05, 3.63) is 35.4 Å². The van der Waals surface area contributed by atoms with Crippen molar-refractivity contribution < 1.29 is 9.53 Å². The summed E-state index contributed by atoms with van der Waals surface area (Å²) < 4.78 is 5.58. The van der Waals surface area contributed by atoms with Crippen LogP contribution in [-0.2, 0) is 16.0 Å². The fourth-order valence-corrected chi connectivity index (χ4v) is 2.74. The molecule has 0 bridgehead atoms. The first-order valence-electron chi connectivity index (χ1n) is 6.89. The number of aryl methyl sites for hydroxylation is 2. The van der Waals surface area contributed by atoms with Crippen LogP contribution in [0.5, 0.6) is 0 Å². The van der Waals surface area contributed by atoms with Crippen LogP contribution in [0.2, 0.25) is 0 Å². The van der Waals surface area contributed by atoms with Crippen LogP contribution in [-0.4, -0.2) is 29.2 Å². The zero-order valence-corrected chi connectivity index (χ0v) is 12.3. The van der Waals surface area contributed by atoms with E-state index in [-0.39, 0.29) is 17.7 Å². The van der Waals surface area contributed by atoms with Gasteiger partial charge in [-0.05, 0) is 39.7 Å². The Morgan fingerprint density at radius 2 is 2.21 bits per heavy atom. The van der Waals surface area contributed by atoms with E-state index in [0.717, 1.165) is 6.42 Å². The van der Waals surface area contributed by atoms with E-state index in [9.17, 15) is 4.79 Å². The lowest BCUT2D eigenvalue weighted by Gasteiger charge is -2.32. The number of rotatable bonds is 3. The summed E-state index contributed by atoms with van der Waals surface area (Å²) in [4.78, 5) is 14.3. The molecule has 0 radical (unpaired) electrons. The van der Waals surface area contributed by atoms with E-state index < -0.39 is 0 Å². The van der Waals surface area contributed by atoms with E-state index in [2.05, 4.69) is 39.0 Å². The monoisotopic (exact) mass is 261 g/mol. The van der Waals surface area contributed by atoms with Gasteiger partial charge < -0.3 is 9.64 Å². The van der Waals surface area contributed by atoms with E-state index in [0.29, 0.717) is 13.0 Å². The molecule has 1 aromatic carbocycles. The SMILES string of the molecule is Cc1cccc(CCC(=O)N2C(C)OCC2(C)C)c1. The third-order valence-electron chi connectivity index (χ3n) is 3.67. The molecule has 0 N–H and O–H groups in total. The molecule has 1 unspecified atom stereocenters. The molecule has 1 atom stereocenters. The normalized spacial score (nSPS) is 21.7. The highest BCUT2D eigenvalue weighted by Crippen LogP contribution is 2.27. The highest BCUT2D eigenvalue weighted by Gasteiger charge is 2.40. The molecule has 0 saturated carbocycles. The largest absolute Gasteiger partial charge is 0.356 e. The Kier molecular flexibility index (Phi) is 3.95. The Labute approximate surface area is 115 Å². The Morgan fingerprint density at radius 1 is 1.47 bits per heavy atom. The van der Waals surface area contributed by atoms with Gasteiger partial charge in [0.2, 0.25) is 5.91 Å². The van der Waals surface area contributed by atoms with Gasteiger partial charge >= 0.3 is 0 Å². The number of carbonyl (C=O) groups is 1. The van der Waals surface area contributed by atoms with Crippen LogP contribution >= 0.6 is 0 Å². The summed E-state index contributed by atoms with van der Waals surface area (Å²) in [6.45, 7) is 8.75. The smallest absolute Gasteiger partial charge is 0.225 e. The van der Waals surface area contributed by atoms with Gasteiger partial charge in [-0.15, -0.1) is 0 Å². The number of hydrogen-bond donors (Lipinski definition) is 0. The van der Waals surface area contributed by atoms with Crippen LogP contribution in [0.4, 0.5) is 0 Å². The molecule has 1 heterocycles. The van der Waals surface area contributed by atoms with Crippen LogP contribution in [0.1, 0.15) is 38.3 Å². The van der Waals surface area contributed by atoms with Gasteiger partial charge in [0.05, 0.1) is 12.1 Å². The van der Waals surface area contributed by atoms with Crippen molar-refractivity contribution in [1.29, 1.82) is 0 Å².